The van der Waals surface area contributed by atoms with Crippen LogP contribution >= 0.6 is 0 Å². The van der Waals surface area contributed by atoms with Crippen LogP contribution < -0.4 is 10.6 Å². The average Bonchev–Trinajstić information content (AvgIpc) is 2.28. The highest BCUT2D eigenvalue weighted by Gasteiger charge is 2.07. The molecule has 0 aliphatic heterocycles. The second kappa shape index (κ2) is 6.75. The summed E-state index contributed by atoms with van der Waals surface area (Å²) in [5.74, 6) is -1.78. The lowest BCUT2D eigenvalue weighted by Crippen LogP contribution is -2.22. The van der Waals surface area contributed by atoms with Gasteiger partial charge in [0.1, 0.15) is 11.6 Å². The summed E-state index contributed by atoms with van der Waals surface area (Å²) in [6.07, 6.45) is 1.89. The molecule has 17 heavy (non-hydrogen) atoms. The van der Waals surface area contributed by atoms with E-state index in [2.05, 4.69) is 17.2 Å². The van der Waals surface area contributed by atoms with Gasteiger partial charge in [0, 0.05) is 25.6 Å². The largest absolute Gasteiger partial charge is 0.324 e. The first kappa shape index (κ1) is 13.3. The minimum atomic E-state index is -0.780. The van der Waals surface area contributed by atoms with Gasteiger partial charge in [-0.15, -0.1) is 6.58 Å². The maximum absolute atomic E-state index is 13.2. The van der Waals surface area contributed by atoms with Crippen LogP contribution in [0.15, 0.2) is 30.9 Å². The van der Waals surface area contributed by atoms with E-state index in [1.54, 1.807) is 6.08 Å². The van der Waals surface area contributed by atoms with Crippen molar-refractivity contribution >= 4 is 11.6 Å². The minimum Gasteiger partial charge on any atom is -0.324 e. The summed E-state index contributed by atoms with van der Waals surface area (Å²) in [5.41, 5.74) is -0.0138. The van der Waals surface area contributed by atoms with Crippen molar-refractivity contribution in [1.29, 1.82) is 0 Å². The van der Waals surface area contributed by atoms with Crippen LogP contribution in [0.1, 0.15) is 6.42 Å². The van der Waals surface area contributed by atoms with E-state index < -0.39 is 11.6 Å². The van der Waals surface area contributed by atoms with Gasteiger partial charge in [0.05, 0.1) is 5.69 Å². The van der Waals surface area contributed by atoms with E-state index in [1.165, 1.54) is 6.07 Å². The summed E-state index contributed by atoms with van der Waals surface area (Å²) in [7, 11) is 0. The molecule has 0 aliphatic carbocycles. The van der Waals surface area contributed by atoms with Crippen LogP contribution in [0.25, 0.3) is 0 Å². The first-order chi connectivity index (χ1) is 8.13. The zero-order valence-corrected chi connectivity index (χ0v) is 9.30. The molecule has 1 amide bonds. The number of halogens is 2. The Balaban J connectivity index is 2.42. The van der Waals surface area contributed by atoms with E-state index >= 15 is 0 Å². The van der Waals surface area contributed by atoms with E-state index in [4.69, 9.17) is 0 Å². The van der Waals surface area contributed by atoms with Crippen LogP contribution in [0, 0.1) is 11.6 Å². The topological polar surface area (TPSA) is 41.1 Å². The highest BCUT2D eigenvalue weighted by molar-refractivity contribution is 5.90. The van der Waals surface area contributed by atoms with Crippen LogP contribution in [0.5, 0.6) is 0 Å². The molecule has 1 aromatic rings. The third-order valence-corrected chi connectivity index (χ3v) is 2.02. The SMILES string of the molecule is C=CCNCCC(=O)Nc1ccc(F)cc1F. The standard InChI is InChI=1S/C12H14F2N2O/c1-2-6-15-7-5-12(17)16-11-4-3-9(13)8-10(11)14/h2-4,8,15H,1,5-7H2,(H,16,17). The maximum atomic E-state index is 13.2. The molecule has 0 unspecified atom stereocenters. The predicted molar refractivity (Wildman–Crippen MR) is 62.7 cm³/mol. The van der Waals surface area contributed by atoms with Crippen molar-refractivity contribution in [2.24, 2.45) is 0 Å². The Hall–Kier alpha value is -1.75. The number of hydrogen-bond donors (Lipinski definition) is 2. The number of carbonyl (C=O) groups is 1. The van der Waals surface area contributed by atoms with E-state index in [0.29, 0.717) is 13.1 Å². The molecule has 0 aliphatic rings. The van der Waals surface area contributed by atoms with Gasteiger partial charge in [-0.25, -0.2) is 8.78 Å². The van der Waals surface area contributed by atoms with Gasteiger partial charge in [0.15, 0.2) is 0 Å². The molecule has 0 fully saturated rings. The van der Waals surface area contributed by atoms with Crippen molar-refractivity contribution < 1.29 is 13.6 Å². The van der Waals surface area contributed by atoms with Gasteiger partial charge in [-0.2, -0.15) is 0 Å². The van der Waals surface area contributed by atoms with E-state index in [1.807, 2.05) is 0 Å². The fourth-order valence-corrected chi connectivity index (χ4v) is 1.21. The number of benzene rings is 1. The lowest BCUT2D eigenvalue weighted by atomic mass is 10.3. The second-order valence-electron chi connectivity index (χ2n) is 3.42. The van der Waals surface area contributed by atoms with Gasteiger partial charge < -0.3 is 10.6 Å². The molecular weight excluding hydrogens is 226 g/mol. The molecule has 0 radical (unpaired) electrons. The molecule has 0 aromatic heterocycles. The highest BCUT2D eigenvalue weighted by atomic mass is 19.1. The zero-order chi connectivity index (χ0) is 12.7. The quantitative estimate of drug-likeness (QED) is 0.590. The van der Waals surface area contributed by atoms with Crippen molar-refractivity contribution in [3.8, 4) is 0 Å². The van der Waals surface area contributed by atoms with Gasteiger partial charge in [-0.05, 0) is 12.1 Å². The molecule has 0 spiro atoms. The molecule has 2 N–H and O–H groups in total. The Morgan fingerprint density at radius 3 is 2.82 bits per heavy atom. The first-order valence-electron chi connectivity index (χ1n) is 5.20. The summed E-state index contributed by atoms with van der Waals surface area (Å²) in [6, 6.07) is 3.01. The Morgan fingerprint density at radius 1 is 1.41 bits per heavy atom. The summed E-state index contributed by atoms with van der Waals surface area (Å²) in [4.78, 5) is 11.4. The predicted octanol–water partition coefficient (Wildman–Crippen LogP) is 2.07. The van der Waals surface area contributed by atoms with Crippen molar-refractivity contribution in [2.75, 3.05) is 18.4 Å². The average molecular weight is 240 g/mol. The van der Waals surface area contributed by atoms with Gasteiger partial charge in [-0.1, -0.05) is 6.08 Å². The molecule has 0 heterocycles. The first-order valence-corrected chi connectivity index (χ1v) is 5.20. The van der Waals surface area contributed by atoms with Crippen molar-refractivity contribution in [1.82, 2.24) is 5.32 Å². The third kappa shape index (κ3) is 4.74. The summed E-state index contributed by atoms with van der Waals surface area (Å²) >= 11 is 0. The van der Waals surface area contributed by atoms with Crippen molar-refractivity contribution in [3.63, 3.8) is 0 Å². The molecule has 3 nitrogen and oxygen atoms in total. The number of anilines is 1. The number of hydrogen-bond acceptors (Lipinski definition) is 2. The van der Waals surface area contributed by atoms with E-state index in [0.717, 1.165) is 12.1 Å². The van der Waals surface area contributed by atoms with Gasteiger partial charge in [0.25, 0.3) is 0 Å². The summed E-state index contributed by atoms with van der Waals surface area (Å²) < 4.78 is 25.8. The monoisotopic (exact) mass is 240 g/mol. The van der Waals surface area contributed by atoms with Crippen LogP contribution in [0.4, 0.5) is 14.5 Å². The highest BCUT2D eigenvalue weighted by Crippen LogP contribution is 2.14. The zero-order valence-electron chi connectivity index (χ0n) is 9.30. The smallest absolute Gasteiger partial charge is 0.225 e. The Labute approximate surface area is 98.5 Å². The maximum Gasteiger partial charge on any atom is 0.225 e. The van der Waals surface area contributed by atoms with Crippen molar-refractivity contribution in [2.45, 2.75) is 6.42 Å². The molecule has 0 saturated heterocycles. The number of nitrogens with one attached hydrogen (secondary N) is 2. The number of amides is 1. The Bertz CT molecular complexity index is 407. The Kier molecular flexibility index (Phi) is 5.29. The molecular formula is C12H14F2N2O. The van der Waals surface area contributed by atoms with Crippen molar-refractivity contribution in [3.05, 3.63) is 42.5 Å². The lowest BCUT2D eigenvalue weighted by molar-refractivity contribution is -0.116. The van der Waals surface area contributed by atoms with Gasteiger partial charge in [0.2, 0.25) is 5.91 Å². The fourth-order valence-electron chi connectivity index (χ4n) is 1.21. The van der Waals surface area contributed by atoms with Crippen LogP contribution in [-0.2, 0) is 4.79 Å². The molecule has 1 rings (SSSR count). The molecule has 0 bridgehead atoms. The van der Waals surface area contributed by atoms with E-state index in [-0.39, 0.29) is 18.0 Å². The minimum absolute atomic E-state index is 0.0138. The summed E-state index contributed by atoms with van der Waals surface area (Å²) in [6.45, 7) is 4.60. The molecule has 1 aromatic carbocycles. The molecule has 0 saturated carbocycles. The van der Waals surface area contributed by atoms with Crippen LogP contribution in [0.3, 0.4) is 0 Å². The lowest BCUT2D eigenvalue weighted by Gasteiger charge is -2.06. The van der Waals surface area contributed by atoms with Crippen LogP contribution in [0.2, 0.25) is 0 Å². The fraction of sp³-hybridized carbons (Fsp3) is 0.250. The number of rotatable bonds is 6. The molecule has 92 valence electrons. The van der Waals surface area contributed by atoms with E-state index in [9.17, 15) is 13.6 Å². The molecule has 5 heteroatoms. The number of carbonyl (C=O) groups excluding carboxylic acids is 1. The van der Waals surface area contributed by atoms with Crippen LogP contribution in [-0.4, -0.2) is 19.0 Å². The second-order valence-corrected chi connectivity index (χ2v) is 3.42. The Morgan fingerprint density at radius 2 is 2.18 bits per heavy atom. The van der Waals surface area contributed by atoms with Gasteiger partial charge in [-0.3, -0.25) is 4.79 Å². The van der Waals surface area contributed by atoms with Gasteiger partial charge >= 0.3 is 0 Å². The third-order valence-electron chi connectivity index (χ3n) is 2.02. The summed E-state index contributed by atoms with van der Waals surface area (Å²) in [5, 5.41) is 5.31. The normalized spacial score (nSPS) is 10.0. The molecule has 0 atom stereocenters.